The van der Waals surface area contributed by atoms with Crippen LogP contribution in [0.5, 0.6) is 5.75 Å². The number of aliphatic hydroxyl groups excluding tert-OH is 1. The first kappa shape index (κ1) is 35.3. The number of nitrogens with one attached hydrogen (secondary N) is 1. The van der Waals surface area contributed by atoms with E-state index in [1.165, 1.54) is 12.1 Å². The van der Waals surface area contributed by atoms with Gasteiger partial charge in [0.1, 0.15) is 5.75 Å². The highest BCUT2D eigenvalue weighted by Crippen LogP contribution is 2.29. The highest BCUT2D eigenvalue weighted by Gasteiger charge is 2.31. The van der Waals surface area contributed by atoms with Crippen LogP contribution >= 0.6 is 0 Å². The number of pyridine rings is 1. The van der Waals surface area contributed by atoms with Gasteiger partial charge in [-0.3, -0.25) is 19.5 Å². The molecular formula is C32H45F3N4O5. The molecule has 4 atom stereocenters. The maximum Gasteiger partial charge on any atom is 0.389 e. The molecule has 2 amide bonds. The van der Waals surface area contributed by atoms with Crippen molar-refractivity contribution >= 4 is 17.5 Å². The van der Waals surface area contributed by atoms with Crippen LogP contribution in [0.2, 0.25) is 0 Å². The molecule has 0 bridgehead atoms. The zero-order chi connectivity index (χ0) is 32.3. The number of hydrogen-bond acceptors (Lipinski definition) is 7. The van der Waals surface area contributed by atoms with E-state index in [9.17, 15) is 27.9 Å². The van der Waals surface area contributed by atoms with Gasteiger partial charge in [-0.15, -0.1) is 0 Å². The number of fused-ring (bicyclic) bond motifs is 1. The molecule has 0 fully saturated rings. The lowest BCUT2D eigenvalue weighted by Gasteiger charge is -2.36. The Bertz CT molecular complexity index is 1200. The first-order valence-electron chi connectivity index (χ1n) is 15.1. The standard InChI is InChI=1S/C32H45F3N4O5/c1-22-18-39(23(2)21-40)31(42)27-17-26(37-30(41)10-13-32(33,34)35)8-9-28(27)44-24(3)7-5-6-16-43-29(22)20-38(4)19-25-11-14-36-15-12-25/h8-9,11-12,14-15,17,22-24,29,40H,5-7,10,13,16,18-21H2,1-4H3,(H,37,41)/t22-,23+,24-,29-/m1/s1. The molecule has 1 aromatic carbocycles. The summed E-state index contributed by atoms with van der Waals surface area (Å²) in [5.41, 5.74) is 1.46. The van der Waals surface area contributed by atoms with E-state index < -0.39 is 36.9 Å². The number of halogens is 3. The van der Waals surface area contributed by atoms with Crippen LogP contribution in [-0.2, 0) is 16.1 Å². The Balaban J connectivity index is 1.89. The van der Waals surface area contributed by atoms with Crippen molar-refractivity contribution in [2.24, 2.45) is 5.92 Å². The normalized spacial score (nSPS) is 21.2. The molecule has 1 aromatic heterocycles. The van der Waals surface area contributed by atoms with Gasteiger partial charge in [0.15, 0.2) is 0 Å². The summed E-state index contributed by atoms with van der Waals surface area (Å²) in [6, 6.07) is 7.87. The maximum absolute atomic E-state index is 14.1. The van der Waals surface area contributed by atoms with Crippen LogP contribution in [-0.4, -0.2) is 89.5 Å². The Hall–Kier alpha value is -3.22. The first-order chi connectivity index (χ1) is 20.9. The summed E-state index contributed by atoms with van der Waals surface area (Å²) in [6.45, 7) is 7.51. The van der Waals surface area contributed by atoms with Crippen LogP contribution in [0.15, 0.2) is 42.7 Å². The minimum absolute atomic E-state index is 0.121. The number of amides is 2. The summed E-state index contributed by atoms with van der Waals surface area (Å²) < 4.78 is 50.5. The van der Waals surface area contributed by atoms with Crippen molar-refractivity contribution in [1.82, 2.24) is 14.8 Å². The number of ether oxygens (including phenoxy) is 2. The quantitative estimate of drug-likeness (QED) is 0.392. The number of likely N-dealkylation sites (N-methyl/N-ethyl adjacent to an activating group) is 1. The topological polar surface area (TPSA) is 104 Å². The highest BCUT2D eigenvalue weighted by molar-refractivity contribution is 5.99. The molecule has 12 heteroatoms. The Morgan fingerprint density at radius 2 is 1.93 bits per heavy atom. The van der Waals surface area contributed by atoms with Crippen molar-refractivity contribution < 1.29 is 37.3 Å². The number of anilines is 1. The van der Waals surface area contributed by atoms with Crippen molar-refractivity contribution in [3.05, 3.63) is 53.9 Å². The van der Waals surface area contributed by atoms with Gasteiger partial charge in [0.05, 0.1) is 36.8 Å². The number of aliphatic hydroxyl groups is 1. The number of benzene rings is 1. The van der Waals surface area contributed by atoms with E-state index in [4.69, 9.17) is 9.47 Å². The number of hydrogen-bond donors (Lipinski definition) is 2. The monoisotopic (exact) mass is 622 g/mol. The summed E-state index contributed by atoms with van der Waals surface area (Å²) in [5.74, 6) is -1.05. The minimum Gasteiger partial charge on any atom is -0.490 e. The van der Waals surface area contributed by atoms with Crippen LogP contribution in [0.25, 0.3) is 0 Å². The largest absolute Gasteiger partial charge is 0.490 e. The van der Waals surface area contributed by atoms with Gasteiger partial charge in [0.2, 0.25) is 5.91 Å². The minimum atomic E-state index is -4.46. The fourth-order valence-corrected chi connectivity index (χ4v) is 5.11. The summed E-state index contributed by atoms with van der Waals surface area (Å²) in [5, 5.41) is 12.6. The molecule has 1 aliphatic heterocycles. The second kappa shape index (κ2) is 16.7. The van der Waals surface area contributed by atoms with Crippen LogP contribution in [0.3, 0.4) is 0 Å². The average Bonchev–Trinajstić information content (AvgIpc) is 2.97. The molecule has 2 N–H and O–H groups in total. The van der Waals surface area contributed by atoms with Crippen LogP contribution in [0.4, 0.5) is 18.9 Å². The zero-order valence-corrected chi connectivity index (χ0v) is 26.0. The predicted molar refractivity (Wildman–Crippen MR) is 161 cm³/mol. The van der Waals surface area contributed by atoms with Gasteiger partial charge in [0.25, 0.3) is 5.91 Å². The highest BCUT2D eigenvalue weighted by atomic mass is 19.4. The molecule has 0 saturated carbocycles. The first-order valence-corrected chi connectivity index (χ1v) is 15.1. The van der Waals surface area contributed by atoms with E-state index in [0.29, 0.717) is 31.9 Å². The summed E-state index contributed by atoms with van der Waals surface area (Å²) in [6.07, 6.45) is -0.977. The molecular weight excluding hydrogens is 577 g/mol. The van der Waals surface area contributed by atoms with E-state index in [2.05, 4.69) is 15.2 Å². The van der Waals surface area contributed by atoms with E-state index in [-0.39, 0.29) is 42.5 Å². The molecule has 2 heterocycles. The Kier molecular flexibility index (Phi) is 13.4. The number of carbonyl (C=O) groups excluding carboxylic acids is 2. The lowest BCUT2D eigenvalue weighted by molar-refractivity contribution is -0.142. The van der Waals surface area contributed by atoms with E-state index >= 15 is 0 Å². The average molecular weight is 623 g/mol. The molecule has 1 aliphatic rings. The van der Waals surface area contributed by atoms with Gasteiger partial charge in [-0.2, -0.15) is 13.2 Å². The van der Waals surface area contributed by atoms with Crippen molar-refractivity contribution in [2.45, 2.75) is 83.8 Å². The van der Waals surface area contributed by atoms with E-state index in [1.807, 2.05) is 33.0 Å². The van der Waals surface area contributed by atoms with Crippen LogP contribution in [0.1, 0.15) is 68.8 Å². The van der Waals surface area contributed by atoms with E-state index in [0.717, 1.165) is 18.4 Å². The van der Waals surface area contributed by atoms with Crippen molar-refractivity contribution in [1.29, 1.82) is 0 Å². The number of rotatable bonds is 9. The molecule has 3 rings (SSSR count). The lowest BCUT2D eigenvalue weighted by Crippen LogP contribution is -2.47. The Morgan fingerprint density at radius 1 is 1.20 bits per heavy atom. The zero-order valence-electron chi connectivity index (χ0n) is 26.0. The number of carbonyl (C=O) groups is 2. The predicted octanol–water partition coefficient (Wildman–Crippen LogP) is 5.29. The molecule has 44 heavy (non-hydrogen) atoms. The summed E-state index contributed by atoms with van der Waals surface area (Å²) >= 11 is 0. The van der Waals surface area contributed by atoms with Gasteiger partial charge < -0.3 is 24.8 Å². The van der Waals surface area contributed by atoms with Gasteiger partial charge in [0, 0.05) is 56.7 Å². The number of alkyl halides is 3. The van der Waals surface area contributed by atoms with Crippen molar-refractivity contribution in [3.63, 3.8) is 0 Å². The molecule has 0 unspecified atom stereocenters. The molecule has 0 saturated heterocycles. The summed E-state index contributed by atoms with van der Waals surface area (Å²) in [4.78, 5) is 34.2. The SMILES string of the molecule is C[C@@H]1CCCCO[C@H](CN(C)Cc2ccncc2)[C@H](C)CN([C@@H](C)CO)C(=O)c2cc(NC(=O)CCC(F)(F)F)ccc2O1. The van der Waals surface area contributed by atoms with E-state index in [1.54, 1.807) is 30.3 Å². The van der Waals surface area contributed by atoms with Crippen molar-refractivity contribution in [3.8, 4) is 5.75 Å². The summed E-state index contributed by atoms with van der Waals surface area (Å²) in [7, 11) is 2.01. The second-order valence-electron chi connectivity index (χ2n) is 11.7. The lowest BCUT2D eigenvalue weighted by atomic mass is 10.0. The number of nitrogens with zero attached hydrogens (tertiary/aromatic N) is 3. The Morgan fingerprint density at radius 3 is 2.61 bits per heavy atom. The van der Waals surface area contributed by atoms with Gasteiger partial charge in [-0.1, -0.05) is 6.92 Å². The third-order valence-electron chi connectivity index (χ3n) is 7.66. The van der Waals surface area contributed by atoms with Crippen molar-refractivity contribution in [2.75, 3.05) is 38.7 Å². The van der Waals surface area contributed by atoms with Crippen LogP contribution < -0.4 is 10.1 Å². The second-order valence-corrected chi connectivity index (χ2v) is 11.7. The van der Waals surface area contributed by atoms with Gasteiger partial charge in [-0.25, -0.2) is 0 Å². The maximum atomic E-state index is 14.1. The third kappa shape index (κ3) is 11.4. The molecule has 0 spiro atoms. The molecule has 0 radical (unpaired) electrons. The fraction of sp³-hybridized carbons (Fsp3) is 0.594. The third-order valence-corrected chi connectivity index (χ3v) is 7.66. The molecule has 0 aliphatic carbocycles. The molecule has 2 aromatic rings. The fourth-order valence-electron chi connectivity index (χ4n) is 5.11. The smallest absolute Gasteiger partial charge is 0.389 e. The molecule has 9 nitrogen and oxygen atoms in total. The van der Waals surface area contributed by atoms with Gasteiger partial charge >= 0.3 is 6.18 Å². The molecule has 244 valence electrons. The van der Waals surface area contributed by atoms with Crippen LogP contribution in [0, 0.1) is 5.92 Å². The number of aromatic nitrogens is 1. The Labute approximate surface area is 257 Å². The van der Waals surface area contributed by atoms with Gasteiger partial charge in [-0.05, 0) is 76.1 Å².